The summed E-state index contributed by atoms with van der Waals surface area (Å²) in [6.45, 7) is 6.18. The Morgan fingerprint density at radius 2 is 2.00 bits per heavy atom. The molecule has 3 aliphatic heterocycles. The highest BCUT2D eigenvalue weighted by Crippen LogP contribution is 2.42. The number of hydrogen-bond acceptors (Lipinski definition) is 9. The van der Waals surface area contributed by atoms with Crippen molar-refractivity contribution in [2.24, 2.45) is 0 Å². The van der Waals surface area contributed by atoms with Crippen molar-refractivity contribution >= 4 is 40.0 Å². The number of terminal acetylenes is 1. The molecule has 274 valence electrons. The molecule has 0 aliphatic carbocycles. The zero-order valence-corrected chi connectivity index (χ0v) is 29.2. The van der Waals surface area contributed by atoms with Gasteiger partial charge in [0.1, 0.15) is 35.9 Å². The molecule has 0 bridgehead atoms. The largest absolute Gasteiger partial charge is 0.508 e. The number of likely N-dealkylation sites (N-methyl/N-ethyl adjacent to an activating group) is 1. The number of ether oxygens (including phenoxy) is 2. The maximum Gasteiger partial charge on any atom is 0.420 e. The van der Waals surface area contributed by atoms with Gasteiger partial charge in [-0.05, 0) is 67.6 Å². The Labute approximate surface area is 304 Å². The number of aromatic nitrogens is 2. The summed E-state index contributed by atoms with van der Waals surface area (Å²) in [5, 5.41) is 11.2. The summed E-state index contributed by atoms with van der Waals surface area (Å²) in [6.07, 6.45) is 6.61. The number of nitrogens with zero attached hydrogens (tertiary/aromatic N) is 6. The molecule has 0 saturated carbocycles. The summed E-state index contributed by atoms with van der Waals surface area (Å²) in [5.74, 6) is 1.14. The van der Waals surface area contributed by atoms with Crippen molar-refractivity contribution in [1.82, 2.24) is 14.9 Å². The molecule has 11 nitrogen and oxygen atoms in total. The molecule has 7 rings (SSSR count). The first kappa shape index (κ1) is 35.4. The van der Waals surface area contributed by atoms with E-state index in [4.69, 9.17) is 15.9 Å². The number of rotatable bonds is 9. The van der Waals surface area contributed by atoms with Gasteiger partial charge < -0.3 is 29.3 Å². The van der Waals surface area contributed by atoms with Crippen molar-refractivity contribution in [2.45, 2.75) is 50.5 Å². The lowest BCUT2D eigenvalue weighted by atomic mass is 9.99. The minimum atomic E-state index is -1.17. The van der Waals surface area contributed by atoms with Gasteiger partial charge in [0, 0.05) is 56.3 Å². The number of phenols is 1. The van der Waals surface area contributed by atoms with Crippen LogP contribution in [0.2, 0.25) is 0 Å². The third kappa shape index (κ3) is 6.63. The fourth-order valence-electron chi connectivity index (χ4n) is 7.59. The van der Waals surface area contributed by atoms with Gasteiger partial charge in [-0.2, -0.15) is 9.97 Å². The van der Waals surface area contributed by atoms with Crippen molar-refractivity contribution in [3.05, 3.63) is 84.1 Å². The van der Waals surface area contributed by atoms with Crippen LogP contribution < -0.4 is 24.2 Å². The molecule has 1 aromatic heterocycles. The minimum Gasteiger partial charge on any atom is -0.508 e. The van der Waals surface area contributed by atoms with E-state index in [1.807, 2.05) is 11.8 Å². The van der Waals surface area contributed by atoms with E-state index in [1.54, 1.807) is 29.0 Å². The number of alkyl halides is 1. The number of carbonyl (C=O) groups excluding carboxylic acids is 2. The second-order valence-corrected chi connectivity index (χ2v) is 13.8. The van der Waals surface area contributed by atoms with Crippen LogP contribution in [0.15, 0.2) is 61.2 Å². The second-order valence-electron chi connectivity index (χ2n) is 13.8. The minimum absolute atomic E-state index is 0.0531. The zero-order chi connectivity index (χ0) is 37.6. The summed E-state index contributed by atoms with van der Waals surface area (Å²) in [5.41, 5.74) is -0.00563. The topological polar surface area (TPSA) is 112 Å². The Bertz CT molecular complexity index is 2160. The first-order valence-electron chi connectivity index (χ1n) is 17.2. The Hall–Kier alpha value is -5.97. The van der Waals surface area contributed by atoms with Crippen molar-refractivity contribution in [3.8, 4) is 29.9 Å². The predicted molar refractivity (Wildman–Crippen MR) is 193 cm³/mol. The van der Waals surface area contributed by atoms with Gasteiger partial charge in [-0.3, -0.25) is 9.69 Å². The average Bonchev–Trinajstić information content (AvgIpc) is 3.72. The molecule has 0 spiro atoms. The molecule has 3 aliphatic rings. The quantitative estimate of drug-likeness (QED) is 0.161. The molecular weight excluding hydrogens is 689 g/mol. The monoisotopic (exact) mass is 726 g/mol. The van der Waals surface area contributed by atoms with E-state index in [9.17, 15) is 27.9 Å². The lowest BCUT2D eigenvalue weighted by Crippen LogP contribution is -2.46. The standard InChI is InChI=1S/C39H37F3N6O5/c1-5-29-30(42)14-9-23-16-28(49)17-32(34(23)29)47-21-31-35(53-38(47)51)36(45(4)20-27-8-7-15-46(27)33(50)6-2)44-37(43-31)52-22-39(3)18-25(41)19-48(39)26-12-10-24(40)11-13-26/h1,6,9-14,16-17,25,27,49H,2,7-8,15,18-22H2,3-4H3/t25-,27+,39+/m1/s1. The van der Waals surface area contributed by atoms with Crippen LogP contribution in [-0.4, -0.2) is 83.0 Å². The highest BCUT2D eigenvalue weighted by molar-refractivity contribution is 6.06. The van der Waals surface area contributed by atoms with Crippen LogP contribution in [0.25, 0.3) is 10.8 Å². The van der Waals surface area contributed by atoms with E-state index in [-0.39, 0.29) is 83.7 Å². The first-order chi connectivity index (χ1) is 25.4. The van der Waals surface area contributed by atoms with E-state index < -0.39 is 29.4 Å². The molecule has 1 N–H and O–H groups in total. The van der Waals surface area contributed by atoms with Gasteiger partial charge in [-0.25, -0.2) is 18.0 Å². The van der Waals surface area contributed by atoms with Crippen LogP contribution in [0.5, 0.6) is 17.5 Å². The summed E-state index contributed by atoms with van der Waals surface area (Å²) < 4.78 is 55.8. The van der Waals surface area contributed by atoms with E-state index in [2.05, 4.69) is 22.5 Å². The van der Waals surface area contributed by atoms with Gasteiger partial charge in [-0.1, -0.05) is 18.6 Å². The summed E-state index contributed by atoms with van der Waals surface area (Å²) >= 11 is 0. The summed E-state index contributed by atoms with van der Waals surface area (Å²) in [4.78, 5) is 42.2. The van der Waals surface area contributed by atoms with Crippen LogP contribution in [0.4, 0.5) is 35.2 Å². The molecular formula is C39H37F3N6O5. The summed E-state index contributed by atoms with van der Waals surface area (Å²) in [6, 6.07) is 10.9. The van der Waals surface area contributed by atoms with Gasteiger partial charge in [0.25, 0.3) is 0 Å². The molecule has 2 amide bonds. The van der Waals surface area contributed by atoms with E-state index in [0.29, 0.717) is 24.2 Å². The molecule has 53 heavy (non-hydrogen) atoms. The fraction of sp³-hybridized carbons (Fsp3) is 0.333. The van der Waals surface area contributed by atoms with Crippen LogP contribution in [-0.2, 0) is 11.3 Å². The Kier molecular flexibility index (Phi) is 9.27. The number of phenolic OH excluding ortho intramolecular Hbond substituents is 1. The Morgan fingerprint density at radius 3 is 2.74 bits per heavy atom. The number of carbonyl (C=O) groups is 2. The van der Waals surface area contributed by atoms with Gasteiger partial charge in [0.05, 0.1) is 23.3 Å². The molecule has 2 fully saturated rings. The number of fused-ring (bicyclic) bond motifs is 2. The molecule has 14 heteroatoms. The van der Waals surface area contributed by atoms with Gasteiger partial charge in [0.15, 0.2) is 11.6 Å². The normalized spacial score (nSPS) is 21.0. The van der Waals surface area contributed by atoms with Crippen molar-refractivity contribution in [3.63, 3.8) is 0 Å². The number of aromatic hydroxyl groups is 1. The van der Waals surface area contributed by atoms with Crippen molar-refractivity contribution in [1.29, 1.82) is 0 Å². The molecule has 2 saturated heterocycles. The van der Waals surface area contributed by atoms with Gasteiger partial charge in [-0.15, -0.1) is 6.42 Å². The van der Waals surface area contributed by atoms with Crippen molar-refractivity contribution in [2.75, 3.05) is 48.0 Å². The molecule has 3 atom stereocenters. The number of benzene rings is 3. The zero-order valence-electron chi connectivity index (χ0n) is 29.2. The maximum absolute atomic E-state index is 15.0. The smallest absolute Gasteiger partial charge is 0.420 e. The van der Waals surface area contributed by atoms with Crippen LogP contribution in [0.3, 0.4) is 0 Å². The Balaban J connectivity index is 1.27. The number of likely N-dealkylation sites (tertiary alicyclic amines) is 1. The van der Waals surface area contributed by atoms with E-state index >= 15 is 0 Å². The number of hydrogen-bond donors (Lipinski definition) is 1. The number of amides is 2. The van der Waals surface area contributed by atoms with Gasteiger partial charge in [0.2, 0.25) is 5.91 Å². The highest BCUT2D eigenvalue weighted by atomic mass is 19.1. The first-order valence-corrected chi connectivity index (χ1v) is 17.2. The molecule has 4 heterocycles. The third-order valence-corrected chi connectivity index (χ3v) is 10.1. The second kappa shape index (κ2) is 13.9. The van der Waals surface area contributed by atoms with E-state index in [1.165, 1.54) is 47.4 Å². The molecule has 3 aromatic carbocycles. The predicted octanol–water partition coefficient (Wildman–Crippen LogP) is 6.11. The van der Waals surface area contributed by atoms with Crippen molar-refractivity contribution < 1.29 is 37.3 Å². The highest BCUT2D eigenvalue weighted by Gasteiger charge is 2.44. The molecule has 0 radical (unpaired) electrons. The van der Waals surface area contributed by atoms with Crippen LogP contribution in [0, 0.1) is 24.0 Å². The maximum atomic E-state index is 15.0. The average molecular weight is 727 g/mol. The number of halogens is 3. The lowest BCUT2D eigenvalue weighted by molar-refractivity contribution is -0.126. The SMILES string of the molecule is C#Cc1c(F)ccc2cc(O)cc(N3Cc4nc(OC[C@]5(C)C[C@@H](F)CN5c5ccc(F)cc5)nc(N(C)C[C@@H]5CCCN5C(=O)C=C)c4OC3=O)c12. The van der Waals surface area contributed by atoms with Crippen LogP contribution >= 0.6 is 0 Å². The fourth-order valence-corrected chi connectivity index (χ4v) is 7.59. The molecule has 0 unspecified atom stereocenters. The lowest BCUT2D eigenvalue weighted by Gasteiger charge is -2.36. The van der Waals surface area contributed by atoms with E-state index in [0.717, 1.165) is 12.8 Å². The Morgan fingerprint density at radius 1 is 1.23 bits per heavy atom. The summed E-state index contributed by atoms with van der Waals surface area (Å²) in [7, 11) is 1.74. The third-order valence-electron chi connectivity index (χ3n) is 10.1. The van der Waals surface area contributed by atoms with Gasteiger partial charge >= 0.3 is 12.1 Å². The number of anilines is 3. The molecule has 4 aromatic rings. The van der Waals surface area contributed by atoms with Crippen LogP contribution in [0.1, 0.15) is 37.4 Å².